The number of amides is 2. The molecule has 2 aromatic carbocycles. The van der Waals surface area contributed by atoms with E-state index in [1.807, 2.05) is 53.1 Å². The number of rotatable bonds is 5. The molecule has 0 N–H and O–H groups in total. The number of nitrogens with zero attached hydrogens (tertiary/aromatic N) is 2. The molecule has 2 saturated heterocycles. The number of likely N-dealkylation sites (tertiary alicyclic amines) is 1. The van der Waals surface area contributed by atoms with E-state index in [0.29, 0.717) is 44.2 Å². The summed E-state index contributed by atoms with van der Waals surface area (Å²) in [6.07, 6.45) is 1.92. The van der Waals surface area contributed by atoms with Gasteiger partial charge in [-0.1, -0.05) is 17.7 Å². The second kappa shape index (κ2) is 9.30. The van der Waals surface area contributed by atoms with Crippen LogP contribution in [0, 0.1) is 6.92 Å². The Morgan fingerprint density at radius 1 is 1.00 bits per heavy atom. The van der Waals surface area contributed by atoms with Crippen molar-refractivity contribution in [3.05, 3.63) is 65.2 Å². The number of carbonyl (C=O) groups is 2. The van der Waals surface area contributed by atoms with Gasteiger partial charge in [-0.25, -0.2) is 0 Å². The minimum Gasteiger partial charge on any atom is -0.491 e. The number of morpholine rings is 1. The molecule has 0 aliphatic carbocycles. The lowest BCUT2D eigenvalue weighted by Crippen LogP contribution is -2.40. The molecule has 0 unspecified atom stereocenters. The van der Waals surface area contributed by atoms with Gasteiger partial charge in [-0.15, -0.1) is 0 Å². The molecule has 6 heteroatoms. The maximum atomic E-state index is 12.9. The van der Waals surface area contributed by atoms with Crippen molar-refractivity contribution in [2.24, 2.45) is 0 Å². The maximum Gasteiger partial charge on any atom is 0.254 e. The van der Waals surface area contributed by atoms with Crippen molar-refractivity contribution in [1.29, 1.82) is 0 Å². The lowest BCUT2D eigenvalue weighted by Gasteiger charge is -2.27. The molecule has 6 nitrogen and oxygen atoms in total. The smallest absolute Gasteiger partial charge is 0.254 e. The summed E-state index contributed by atoms with van der Waals surface area (Å²) in [5.74, 6) is 0.801. The van der Waals surface area contributed by atoms with Crippen molar-refractivity contribution in [2.75, 3.05) is 39.5 Å². The first kappa shape index (κ1) is 20.4. The third kappa shape index (κ3) is 4.65. The Morgan fingerprint density at radius 2 is 1.77 bits per heavy atom. The number of hydrogen-bond donors (Lipinski definition) is 0. The monoisotopic (exact) mass is 408 g/mol. The summed E-state index contributed by atoms with van der Waals surface area (Å²) in [4.78, 5) is 29.2. The van der Waals surface area contributed by atoms with Crippen molar-refractivity contribution in [2.45, 2.75) is 25.8 Å². The SMILES string of the molecule is Cc1cccc(C(=O)N2CCC[C@H]2COc2ccc(C(=O)N3CCOCC3)cc2)c1. The maximum absolute atomic E-state index is 12.9. The molecule has 2 heterocycles. The molecule has 2 aromatic rings. The van der Waals surface area contributed by atoms with Gasteiger partial charge in [-0.2, -0.15) is 0 Å². The van der Waals surface area contributed by atoms with Gasteiger partial charge in [0.25, 0.3) is 11.8 Å². The third-order valence-corrected chi connectivity index (χ3v) is 5.74. The van der Waals surface area contributed by atoms with Crippen LogP contribution >= 0.6 is 0 Å². The second-order valence-electron chi connectivity index (χ2n) is 7.90. The van der Waals surface area contributed by atoms with Gasteiger partial charge >= 0.3 is 0 Å². The molecule has 158 valence electrons. The molecule has 0 aromatic heterocycles. The zero-order chi connectivity index (χ0) is 20.9. The Labute approximate surface area is 177 Å². The Kier molecular flexibility index (Phi) is 6.33. The minimum atomic E-state index is 0.0237. The van der Waals surface area contributed by atoms with Crippen molar-refractivity contribution in [3.63, 3.8) is 0 Å². The van der Waals surface area contributed by atoms with E-state index >= 15 is 0 Å². The molecular weight excluding hydrogens is 380 g/mol. The fourth-order valence-corrected chi connectivity index (χ4v) is 4.06. The van der Waals surface area contributed by atoms with E-state index in [1.54, 1.807) is 12.1 Å². The van der Waals surface area contributed by atoms with Gasteiger partial charge in [0, 0.05) is 30.8 Å². The van der Waals surface area contributed by atoms with E-state index in [1.165, 1.54) is 0 Å². The average Bonchev–Trinajstić information content (AvgIpc) is 3.26. The van der Waals surface area contributed by atoms with Crippen LogP contribution in [0.15, 0.2) is 48.5 Å². The van der Waals surface area contributed by atoms with Crippen molar-refractivity contribution in [3.8, 4) is 5.75 Å². The predicted molar refractivity (Wildman–Crippen MR) is 114 cm³/mol. The highest BCUT2D eigenvalue weighted by Crippen LogP contribution is 2.22. The number of carbonyl (C=O) groups excluding carboxylic acids is 2. The fourth-order valence-electron chi connectivity index (χ4n) is 4.06. The number of hydrogen-bond acceptors (Lipinski definition) is 4. The first-order valence-electron chi connectivity index (χ1n) is 10.6. The van der Waals surface area contributed by atoms with Gasteiger partial charge in [0.2, 0.25) is 0 Å². The third-order valence-electron chi connectivity index (χ3n) is 5.74. The summed E-state index contributed by atoms with van der Waals surface area (Å²) in [5, 5.41) is 0. The largest absolute Gasteiger partial charge is 0.491 e. The van der Waals surface area contributed by atoms with E-state index in [-0.39, 0.29) is 17.9 Å². The molecule has 0 spiro atoms. The lowest BCUT2D eigenvalue weighted by atomic mass is 10.1. The highest BCUT2D eigenvalue weighted by atomic mass is 16.5. The van der Waals surface area contributed by atoms with Gasteiger partial charge in [-0.3, -0.25) is 9.59 Å². The Balaban J connectivity index is 1.34. The van der Waals surface area contributed by atoms with Gasteiger partial charge < -0.3 is 19.3 Å². The number of aryl methyl sites for hydroxylation is 1. The van der Waals surface area contributed by atoms with Crippen LogP contribution in [0.5, 0.6) is 5.75 Å². The second-order valence-corrected chi connectivity index (χ2v) is 7.90. The van der Waals surface area contributed by atoms with E-state index < -0.39 is 0 Å². The highest BCUT2D eigenvalue weighted by molar-refractivity contribution is 5.95. The zero-order valence-corrected chi connectivity index (χ0v) is 17.4. The normalized spacial score (nSPS) is 19.0. The van der Waals surface area contributed by atoms with Gasteiger partial charge in [0.15, 0.2) is 0 Å². The van der Waals surface area contributed by atoms with Crippen LogP contribution in [-0.4, -0.2) is 67.1 Å². The number of ether oxygens (including phenoxy) is 2. The van der Waals surface area contributed by atoms with Crippen LogP contribution < -0.4 is 4.74 Å². The topological polar surface area (TPSA) is 59.1 Å². The van der Waals surface area contributed by atoms with Gasteiger partial charge in [-0.05, 0) is 56.2 Å². The summed E-state index contributed by atoms with van der Waals surface area (Å²) in [7, 11) is 0. The fraction of sp³-hybridized carbons (Fsp3) is 0.417. The first-order valence-corrected chi connectivity index (χ1v) is 10.6. The van der Waals surface area contributed by atoms with Gasteiger partial charge in [0.05, 0.1) is 19.3 Å². The summed E-state index contributed by atoms with van der Waals surface area (Å²) < 4.78 is 11.3. The van der Waals surface area contributed by atoms with Crippen molar-refractivity contribution >= 4 is 11.8 Å². The molecule has 2 aliphatic heterocycles. The van der Waals surface area contributed by atoms with Crippen LogP contribution in [0.2, 0.25) is 0 Å². The van der Waals surface area contributed by atoms with Crippen LogP contribution in [-0.2, 0) is 4.74 Å². The van der Waals surface area contributed by atoms with Crippen LogP contribution in [0.3, 0.4) is 0 Å². The van der Waals surface area contributed by atoms with E-state index in [4.69, 9.17) is 9.47 Å². The van der Waals surface area contributed by atoms with Gasteiger partial charge in [0.1, 0.15) is 12.4 Å². The highest BCUT2D eigenvalue weighted by Gasteiger charge is 2.30. The Bertz CT molecular complexity index is 890. The summed E-state index contributed by atoms with van der Waals surface area (Å²) in [6.45, 7) is 5.64. The van der Waals surface area contributed by atoms with E-state index in [0.717, 1.165) is 30.5 Å². The van der Waals surface area contributed by atoms with Crippen molar-refractivity contribution < 1.29 is 19.1 Å². The van der Waals surface area contributed by atoms with Crippen molar-refractivity contribution in [1.82, 2.24) is 9.80 Å². The van der Waals surface area contributed by atoms with Crippen LogP contribution in [0.4, 0.5) is 0 Å². The van der Waals surface area contributed by atoms with Crippen LogP contribution in [0.25, 0.3) is 0 Å². The quantitative estimate of drug-likeness (QED) is 0.763. The molecule has 4 rings (SSSR count). The molecular formula is C24H28N2O4. The molecule has 2 aliphatic rings. The number of benzene rings is 2. The molecule has 1 atom stereocenters. The molecule has 2 amide bonds. The average molecular weight is 408 g/mol. The molecule has 0 radical (unpaired) electrons. The zero-order valence-electron chi connectivity index (χ0n) is 17.4. The molecule has 30 heavy (non-hydrogen) atoms. The molecule has 0 bridgehead atoms. The van der Waals surface area contributed by atoms with Crippen LogP contribution in [0.1, 0.15) is 39.1 Å². The minimum absolute atomic E-state index is 0.0237. The standard InChI is InChI=1S/C24H28N2O4/c1-18-4-2-5-20(16-18)24(28)26-11-3-6-21(26)17-30-22-9-7-19(8-10-22)23(27)25-12-14-29-15-13-25/h2,4-5,7-10,16,21H,3,6,11-15,17H2,1H3/t21-/m0/s1. The summed E-state index contributed by atoms with van der Waals surface area (Å²) >= 11 is 0. The Morgan fingerprint density at radius 3 is 2.50 bits per heavy atom. The Hall–Kier alpha value is -2.86. The molecule has 2 fully saturated rings. The molecule has 0 saturated carbocycles. The van der Waals surface area contributed by atoms with E-state index in [9.17, 15) is 9.59 Å². The predicted octanol–water partition coefficient (Wildman–Crippen LogP) is 3.15. The van der Waals surface area contributed by atoms with E-state index in [2.05, 4.69) is 0 Å². The summed E-state index contributed by atoms with van der Waals surface area (Å²) in [5.41, 5.74) is 2.47. The summed E-state index contributed by atoms with van der Waals surface area (Å²) in [6, 6.07) is 15.0. The first-order chi connectivity index (χ1) is 14.6. The lowest BCUT2D eigenvalue weighted by molar-refractivity contribution is 0.0303.